The van der Waals surface area contributed by atoms with Gasteiger partial charge in [0, 0.05) is 23.9 Å². The zero-order valence-electron chi connectivity index (χ0n) is 11.9. The van der Waals surface area contributed by atoms with Crippen molar-refractivity contribution in [3.8, 4) is 0 Å². The second-order valence-electron chi connectivity index (χ2n) is 5.75. The van der Waals surface area contributed by atoms with E-state index in [2.05, 4.69) is 16.9 Å². The molecule has 3 heteroatoms. The molecular weight excluding hydrogens is 248 g/mol. The molecule has 0 atom stereocenters. The third kappa shape index (κ3) is 2.58. The Hall–Kier alpha value is -1.77. The topological polar surface area (TPSA) is 42.9 Å². The van der Waals surface area contributed by atoms with E-state index in [1.165, 1.54) is 19.3 Å². The summed E-state index contributed by atoms with van der Waals surface area (Å²) in [5, 5.41) is 0. The monoisotopic (exact) mass is 268 g/mol. The highest BCUT2D eigenvalue weighted by Gasteiger charge is 2.26. The predicted molar refractivity (Wildman–Crippen MR) is 79.6 cm³/mol. The van der Waals surface area contributed by atoms with Crippen LogP contribution >= 0.6 is 0 Å². The lowest BCUT2D eigenvalue weighted by molar-refractivity contribution is 0.0871. The van der Waals surface area contributed by atoms with Crippen molar-refractivity contribution in [2.75, 3.05) is 0 Å². The second-order valence-corrected chi connectivity index (χ2v) is 5.75. The van der Waals surface area contributed by atoms with E-state index in [0.29, 0.717) is 0 Å². The predicted octanol–water partition coefficient (Wildman–Crippen LogP) is 4.03. The Morgan fingerprint density at radius 2 is 1.80 bits per heavy atom. The van der Waals surface area contributed by atoms with Gasteiger partial charge in [-0.05, 0) is 49.8 Å². The summed E-state index contributed by atoms with van der Waals surface area (Å²) >= 11 is 0. The highest BCUT2D eigenvalue weighted by Crippen LogP contribution is 2.32. The molecule has 3 nitrogen and oxygen atoms in total. The Morgan fingerprint density at radius 3 is 2.50 bits per heavy atom. The van der Waals surface area contributed by atoms with Crippen LogP contribution in [0, 0.1) is 11.8 Å². The van der Waals surface area contributed by atoms with Gasteiger partial charge in [0.15, 0.2) is 5.78 Å². The van der Waals surface area contributed by atoms with Crippen molar-refractivity contribution in [2.45, 2.75) is 39.0 Å². The molecule has 1 saturated carbocycles. The lowest BCUT2D eigenvalue weighted by Gasteiger charge is -2.26. The molecule has 1 aliphatic carbocycles. The summed E-state index contributed by atoms with van der Waals surface area (Å²) in [5.41, 5.74) is 2.44. The molecule has 20 heavy (non-hydrogen) atoms. The Morgan fingerprint density at radius 1 is 1.10 bits per heavy atom. The molecule has 104 valence electrons. The van der Waals surface area contributed by atoms with Crippen molar-refractivity contribution >= 4 is 16.8 Å². The summed E-state index contributed by atoms with van der Waals surface area (Å²) in [6.07, 6.45) is 9.05. The van der Waals surface area contributed by atoms with Crippen molar-refractivity contribution < 1.29 is 4.79 Å². The first-order valence-corrected chi connectivity index (χ1v) is 7.53. The van der Waals surface area contributed by atoms with E-state index in [0.717, 1.165) is 35.4 Å². The molecule has 0 amide bonds. The van der Waals surface area contributed by atoms with Gasteiger partial charge in [-0.3, -0.25) is 14.8 Å². The number of rotatable bonds is 3. The number of aromatic nitrogens is 2. The molecule has 1 fully saturated rings. The van der Waals surface area contributed by atoms with Gasteiger partial charge in [-0.1, -0.05) is 13.3 Å². The standard InChI is InChI=1S/C17H20N2O/c1-2-12-3-5-13(6-4-12)17(20)14-7-8-15-16(11-14)19-10-9-18-15/h7-13H,2-6H2,1H3. The summed E-state index contributed by atoms with van der Waals surface area (Å²) in [7, 11) is 0. The van der Waals surface area contributed by atoms with Crippen LogP contribution in [0.3, 0.4) is 0 Å². The Labute approximate surface area is 119 Å². The molecule has 0 N–H and O–H groups in total. The van der Waals surface area contributed by atoms with Gasteiger partial charge in [0.1, 0.15) is 0 Å². The molecule has 0 unspecified atom stereocenters. The van der Waals surface area contributed by atoms with Crippen LogP contribution in [-0.4, -0.2) is 15.8 Å². The third-order valence-electron chi connectivity index (χ3n) is 4.55. The van der Waals surface area contributed by atoms with Crippen LogP contribution in [0.4, 0.5) is 0 Å². The molecular formula is C17H20N2O. The van der Waals surface area contributed by atoms with Crippen molar-refractivity contribution in [3.05, 3.63) is 36.2 Å². The quantitative estimate of drug-likeness (QED) is 0.789. The van der Waals surface area contributed by atoms with Crippen molar-refractivity contribution in [1.29, 1.82) is 0 Å². The van der Waals surface area contributed by atoms with Crippen LogP contribution in [0.25, 0.3) is 11.0 Å². The molecule has 1 aromatic carbocycles. The highest BCUT2D eigenvalue weighted by atomic mass is 16.1. The normalized spacial score (nSPS) is 22.9. The lowest BCUT2D eigenvalue weighted by Crippen LogP contribution is -2.21. The maximum Gasteiger partial charge on any atom is 0.166 e. The third-order valence-corrected chi connectivity index (χ3v) is 4.55. The summed E-state index contributed by atoms with van der Waals surface area (Å²) < 4.78 is 0. The first kappa shape index (κ1) is 13.2. The number of hydrogen-bond acceptors (Lipinski definition) is 3. The van der Waals surface area contributed by atoms with Gasteiger partial charge in [-0.15, -0.1) is 0 Å². The van der Waals surface area contributed by atoms with Crippen LogP contribution in [-0.2, 0) is 0 Å². The van der Waals surface area contributed by atoms with Gasteiger partial charge in [0.2, 0.25) is 0 Å². The number of fused-ring (bicyclic) bond motifs is 1. The van der Waals surface area contributed by atoms with Crippen LogP contribution < -0.4 is 0 Å². The maximum atomic E-state index is 12.6. The van der Waals surface area contributed by atoms with Gasteiger partial charge in [-0.2, -0.15) is 0 Å². The van der Waals surface area contributed by atoms with E-state index in [1.807, 2.05) is 18.2 Å². The fourth-order valence-corrected chi connectivity index (χ4v) is 3.19. The molecule has 0 spiro atoms. The average molecular weight is 268 g/mol. The molecule has 0 bridgehead atoms. The molecule has 0 radical (unpaired) electrons. The fraction of sp³-hybridized carbons (Fsp3) is 0.471. The van der Waals surface area contributed by atoms with E-state index in [9.17, 15) is 4.79 Å². The van der Waals surface area contributed by atoms with Crippen LogP contribution in [0.1, 0.15) is 49.4 Å². The minimum atomic E-state index is 0.201. The van der Waals surface area contributed by atoms with Gasteiger partial charge < -0.3 is 0 Å². The first-order chi connectivity index (χ1) is 9.78. The number of ketones is 1. The van der Waals surface area contributed by atoms with Crippen LogP contribution in [0.15, 0.2) is 30.6 Å². The first-order valence-electron chi connectivity index (χ1n) is 7.53. The zero-order chi connectivity index (χ0) is 13.9. The van der Waals surface area contributed by atoms with Crippen LogP contribution in [0.5, 0.6) is 0 Å². The molecule has 1 heterocycles. The average Bonchev–Trinajstić information content (AvgIpc) is 2.54. The number of carbonyl (C=O) groups is 1. The zero-order valence-corrected chi connectivity index (χ0v) is 11.9. The van der Waals surface area contributed by atoms with Gasteiger partial charge in [0.05, 0.1) is 11.0 Å². The summed E-state index contributed by atoms with van der Waals surface area (Å²) in [6, 6.07) is 5.68. The van der Waals surface area contributed by atoms with Gasteiger partial charge >= 0.3 is 0 Å². The largest absolute Gasteiger partial charge is 0.294 e. The highest BCUT2D eigenvalue weighted by molar-refractivity contribution is 6.00. The summed E-state index contributed by atoms with van der Waals surface area (Å²) in [4.78, 5) is 21.1. The minimum absolute atomic E-state index is 0.201. The smallest absolute Gasteiger partial charge is 0.166 e. The number of benzene rings is 1. The van der Waals surface area contributed by atoms with Gasteiger partial charge in [0.25, 0.3) is 0 Å². The summed E-state index contributed by atoms with van der Waals surface area (Å²) in [6.45, 7) is 2.24. The van der Waals surface area contributed by atoms with Crippen LogP contribution in [0.2, 0.25) is 0 Å². The van der Waals surface area contributed by atoms with Crippen molar-refractivity contribution in [2.24, 2.45) is 11.8 Å². The van der Waals surface area contributed by atoms with E-state index in [4.69, 9.17) is 0 Å². The fourth-order valence-electron chi connectivity index (χ4n) is 3.19. The molecule has 1 aromatic heterocycles. The maximum absolute atomic E-state index is 12.6. The SMILES string of the molecule is CCC1CCC(C(=O)c2ccc3nccnc3c2)CC1. The number of nitrogens with zero attached hydrogens (tertiary/aromatic N) is 2. The van der Waals surface area contributed by atoms with Crippen molar-refractivity contribution in [1.82, 2.24) is 9.97 Å². The number of hydrogen-bond donors (Lipinski definition) is 0. The summed E-state index contributed by atoms with van der Waals surface area (Å²) in [5.74, 6) is 1.31. The molecule has 0 aliphatic heterocycles. The second kappa shape index (κ2) is 5.70. The van der Waals surface area contributed by atoms with Gasteiger partial charge in [-0.25, -0.2) is 0 Å². The Balaban J connectivity index is 1.79. The minimum Gasteiger partial charge on any atom is -0.294 e. The Kier molecular flexibility index (Phi) is 3.77. The van der Waals surface area contributed by atoms with E-state index in [-0.39, 0.29) is 11.7 Å². The van der Waals surface area contributed by atoms with E-state index < -0.39 is 0 Å². The number of carbonyl (C=O) groups excluding carboxylic acids is 1. The molecule has 1 aliphatic rings. The molecule has 3 rings (SSSR count). The van der Waals surface area contributed by atoms with E-state index in [1.54, 1.807) is 12.4 Å². The molecule has 0 saturated heterocycles. The van der Waals surface area contributed by atoms with Crippen molar-refractivity contribution in [3.63, 3.8) is 0 Å². The lowest BCUT2D eigenvalue weighted by atomic mass is 9.78. The Bertz CT molecular complexity index is 615. The van der Waals surface area contributed by atoms with E-state index >= 15 is 0 Å². The molecule has 2 aromatic rings. The number of Topliss-reactive ketones (excluding diaryl/α,β-unsaturated/α-hetero) is 1.